The molecule has 0 spiro atoms. The molecule has 0 fully saturated rings. The van der Waals surface area contributed by atoms with Crippen molar-refractivity contribution in [2.45, 2.75) is 6.18 Å². The first-order valence-corrected chi connectivity index (χ1v) is 9.40. The first kappa shape index (κ1) is 22.7. The molecule has 3 aromatic carbocycles. The van der Waals surface area contributed by atoms with Crippen LogP contribution in [0.25, 0.3) is 0 Å². The zero-order chi connectivity index (χ0) is 23.1. The Kier molecular flexibility index (Phi) is 6.99. The highest BCUT2D eigenvalue weighted by Gasteiger charge is 2.30. The number of nitrogens with one attached hydrogen (secondary N) is 2. The van der Waals surface area contributed by atoms with Gasteiger partial charge < -0.3 is 20.1 Å². The van der Waals surface area contributed by atoms with Crippen molar-refractivity contribution in [3.8, 4) is 11.5 Å². The third kappa shape index (κ3) is 6.00. The summed E-state index contributed by atoms with van der Waals surface area (Å²) in [5.41, 5.74) is 0.0262. The molecule has 0 saturated carbocycles. The minimum Gasteiger partial charge on any atom is -0.495 e. The van der Waals surface area contributed by atoms with Crippen molar-refractivity contribution in [1.82, 2.24) is 0 Å². The van der Waals surface area contributed by atoms with Crippen LogP contribution in [0.3, 0.4) is 0 Å². The minimum absolute atomic E-state index is 0.0109. The van der Waals surface area contributed by atoms with Gasteiger partial charge in [-0.3, -0.25) is 9.59 Å². The molecule has 2 N–H and O–H groups in total. The smallest absolute Gasteiger partial charge is 0.416 e. The SMILES string of the molecule is COc1ccccc1NC(=O)c1ccc(OCC(=O)Nc2cccc(C(F)(F)F)c2)cc1. The van der Waals surface area contributed by atoms with Gasteiger partial charge in [-0.2, -0.15) is 13.2 Å². The third-order valence-corrected chi connectivity index (χ3v) is 4.32. The van der Waals surface area contributed by atoms with Crippen molar-refractivity contribution in [2.24, 2.45) is 0 Å². The highest BCUT2D eigenvalue weighted by Crippen LogP contribution is 2.30. The van der Waals surface area contributed by atoms with Crippen LogP contribution in [0.15, 0.2) is 72.8 Å². The summed E-state index contributed by atoms with van der Waals surface area (Å²) >= 11 is 0. The molecule has 0 aliphatic heterocycles. The molecule has 0 bridgehead atoms. The van der Waals surface area contributed by atoms with E-state index in [4.69, 9.17) is 9.47 Å². The highest BCUT2D eigenvalue weighted by atomic mass is 19.4. The Morgan fingerprint density at radius 2 is 1.62 bits per heavy atom. The van der Waals surface area contributed by atoms with Gasteiger partial charge in [0.1, 0.15) is 11.5 Å². The number of para-hydroxylation sites is 2. The first-order valence-electron chi connectivity index (χ1n) is 9.40. The molecule has 6 nitrogen and oxygen atoms in total. The lowest BCUT2D eigenvalue weighted by molar-refractivity contribution is -0.137. The van der Waals surface area contributed by atoms with Gasteiger partial charge in [-0.15, -0.1) is 0 Å². The van der Waals surface area contributed by atoms with E-state index in [2.05, 4.69) is 10.6 Å². The average molecular weight is 444 g/mol. The quantitative estimate of drug-likeness (QED) is 0.539. The van der Waals surface area contributed by atoms with Gasteiger partial charge in [0.15, 0.2) is 6.61 Å². The Bertz CT molecular complexity index is 1100. The van der Waals surface area contributed by atoms with E-state index in [0.717, 1.165) is 12.1 Å². The van der Waals surface area contributed by atoms with Gasteiger partial charge >= 0.3 is 6.18 Å². The van der Waals surface area contributed by atoms with Crippen molar-refractivity contribution >= 4 is 23.2 Å². The maximum Gasteiger partial charge on any atom is 0.416 e. The van der Waals surface area contributed by atoms with Gasteiger partial charge in [0, 0.05) is 11.3 Å². The zero-order valence-electron chi connectivity index (χ0n) is 16.9. The molecule has 0 unspecified atom stereocenters. The molecule has 3 rings (SSSR count). The van der Waals surface area contributed by atoms with Gasteiger partial charge in [-0.25, -0.2) is 0 Å². The molecule has 0 heterocycles. The maximum absolute atomic E-state index is 12.8. The molecule has 0 aromatic heterocycles. The van der Waals surface area contributed by atoms with E-state index >= 15 is 0 Å². The standard InChI is InChI=1S/C23H19F3N2O4/c1-31-20-8-3-2-7-19(20)28-22(30)15-9-11-18(12-10-15)32-14-21(29)27-17-6-4-5-16(13-17)23(24,25)26/h2-13H,14H2,1H3,(H,27,29)(H,28,30). The van der Waals surface area contributed by atoms with Crippen molar-refractivity contribution in [3.05, 3.63) is 83.9 Å². The summed E-state index contributed by atoms with van der Waals surface area (Å²) < 4.78 is 48.8. The number of amides is 2. The van der Waals surface area contributed by atoms with Crippen LogP contribution in [0, 0.1) is 0 Å². The fourth-order valence-corrected chi connectivity index (χ4v) is 2.76. The van der Waals surface area contributed by atoms with Crippen LogP contribution in [0.1, 0.15) is 15.9 Å². The van der Waals surface area contributed by atoms with E-state index in [1.165, 1.54) is 43.5 Å². The van der Waals surface area contributed by atoms with E-state index in [1.54, 1.807) is 24.3 Å². The Balaban J connectivity index is 1.54. The zero-order valence-corrected chi connectivity index (χ0v) is 16.9. The van der Waals surface area contributed by atoms with Crippen LogP contribution in [0.5, 0.6) is 11.5 Å². The number of methoxy groups -OCH3 is 1. The molecule has 3 aromatic rings. The second-order valence-corrected chi connectivity index (χ2v) is 6.59. The van der Waals surface area contributed by atoms with Crippen LogP contribution in [0.2, 0.25) is 0 Å². The second kappa shape index (κ2) is 9.86. The molecule has 0 saturated heterocycles. The van der Waals surface area contributed by atoms with Crippen LogP contribution >= 0.6 is 0 Å². The van der Waals surface area contributed by atoms with Crippen molar-refractivity contribution in [1.29, 1.82) is 0 Å². The van der Waals surface area contributed by atoms with Crippen molar-refractivity contribution in [3.63, 3.8) is 0 Å². The number of rotatable bonds is 7. The normalized spacial score (nSPS) is 10.9. The lowest BCUT2D eigenvalue weighted by Crippen LogP contribution is -2.20. The molecule has 0 radical (unpaired) electrons. The number of ether oxygens (including phenoxy) is 2. The van der Waals surface area contributed by atoms with Gasteiger partial charge in [0.25, 0.3) is 11.8 Å². The number of anilines is 2. The van der Waals surface area contributed by atoms with Gasteiger partial charge in [0.05, 0.1) is 18.4 Å². The number of hydrogen-bond acceptors (Lipinski definition) is 4. The van der Waals surface area contributed by atoms with Crippen LogP contribution < -0.4 is 20.1 Å². The van der Waals surface area contributed by atoms with E-state index in [1.807, 2.05) is 0 Å². The number of alkyl halides is 3. The lowest BCUT2D eigenvalue weighted by Gasteiger charge is -2.11. The summed E-state index contributed by atoms with van der Waals surface area (Å²) in [6, 6.07) is 17.3. The van der Waals surface area contributed by atoms with E-state index in [9.17, 15) is 22.8 Å². The molecule has 0 aliphatic rings. The number of halogens is 3. The molecule has 0 atom stereocenters. The maximum atomic E-state index is 12.8. The van der Waals surface area contributed by atoms with E-state index in [-0.39, 0.29) is 11.6 Å². The van der Waals surface area contributed by atoms with Crippen LogP contribution in [0.4, 0.5) is 24.5 Å². The van der Waals surface area contributed by atoms with Gasteiger partial charge in [-0.05, 0) is 54.6 Å². The second-order valence-electron chi connectivity index (χ2n) is 6.59. The number of benzene rings is 3. The average Bonchev–Trinajstić information content (AvgIpc) is 2.78. The predicted octanol–water partition coefficient (Wildman–Crippen LogP) is 4.98. The summed E-state index contributed by atoms with van der Waals surface area (Å²) in [4.78, 5) is 24.4. The molecule has 32 heavy (non-hydrogen) atoms. The minimum atomic E-state index is -4.50. The summed E-state index contributed by atoms with van der Waals surface area (Å²) in [6.07, 6.45) is -4.50. The monoisotopic (exact) mass is 444 g/mol. The lowest BCUT2D eigenvalue weighted by atomic mass is 10.2. The molecule has 0 aliphatic carbocycles. The van der Waals surface area contributed by atoms with Gasteiger partial charge in [-0.1, -0.05) is 18.2 Å². The van der Waals surface area contributed by atoms with Crippen LogP contribution in [-0.4, -0.2) is 25.5 Å². The van der Waals surface area contributed by atoms with E-state index in [0.29, 0.717) is 22.7 Å². The molecule has 9 heteroatoms. The summed E-state index contributed by atoms with van der Waals surface area (Å²) in [6.45, 7) is -0.414. The molecule has 166 valence electrons. The third-order valence-electron chi connectivity index (χ3n) is 4.32. The fraction of sp³-hybridized carbons (Fsp3) is 0.130. The van der Waals surface area contributed by atoms with Gasteiger partial charge in [0.2, 0.25) is 0 Å². The van der Waals surface area contributed by atoms with Crippen molar-refractivity contribution < 1.29 is 32.2 Å². The van der Waals surface area contributed by atoms with Crippen LogP contribution in [-0.2, 0) is 11.0 Å². The summed E-state index contributed by atoms with van der Waals surface area (Å²) in [7, 11) is 1.50. The number of carbonyl (C=O) groups is 2. The first-order chi connectivity index (χ1) is 15.3. The molecular weight excluding hydrogens is 425 g/mol. The molecular formula is C23H19F3N2O4. The summed E-state index contributed by atoms with van der Waals surface area (Å²) in [5.74, 6) is -0.142. The number of carbonyl (C=O) groups excluding carboxylic acids is 2. The Labute approximate surface area is 182 Å². The van der Waals surface area contributed by atoms with E-state index < -0.39 is 24.3 Å². The summed E-state index contributed by atoms with van der Waals surface area (Å²) in [5, 5.41) is 5.09. The fourth-order valence-electron chi connectivity index (χ4n) is 2.76. The Hall–Kier alpha value is -4.01. The highest BCUT2D eigenvalue weighted by molar-refractivity contribution is 6.05. The Morgan fingerprint density at radius 1 is 0.906 bits per heavy atom. The Morgan fingerprint density at radius 3 is 2.31 bits per heavy atom. The largest absolute Gasteiger partial charge is 0.495 e. The van der Waals surface area contributed by atoms with Crippen molar-refractivity contribution in [2.75, 3.05) is 24.4 Å². The number of hydrogen-bond donors (Lipinski definition) is 2. The molecule has 2 amide bonds. The topological polar surface area (TPSA) is 76.7 Å². The predicted molar refractivity (Wildman–Crippen MR) is 113 cm³/mol.